The molecule has 132 valence electrons. The second kappa shape index (κ2) is 12.7. The van der Waals surface area contributed by atoms with E-state index in [4.69, 9.17) is 4.99 Å². The first-order valence-corrected chi connectivity index (χ1v) is 9.71. The highest BCUT2D eigenvalue weighted by Crippen LogP contribution is 2.36. The van der Waals surface area contributed by atoms with Gasteiger partial charge in [0.15, 0.2) is 5.96 Å². The smallest absolute Gasteiger partial charge is 0.191 e. The van der Waals surface area contributed by atoms with E-state index in [1.54, 1.807) is 0 Å². The molecule has 1 rings (SSSR count). The van der Waals surface area contributed by atoms with Crippen molar-refractivity contribution in [2.24, 2.45) is 10.4 Å². The lowest BCUT2D eigenvalue weighted by Gasteiger charge is -2.37. The molecule has 22 heavy (non-hydrogen) atoms. The quantitative estimate of drug-likeness (QED) is 0.233. The second-order valence-electron chi connectivity index (χ2n) is 6.24. The number of hydrogen-bond acceptors (Lipinski definition) is 3. The second-order valence-corrected chi connectivity index (χ2v) is 7.22. The zero-order valence-corrected chi connectivity index (χ0v) is 17.5. The van der Waals surface area contributed by atoms with E-state index >= 15 is 0 Å². The van der Waals surface area contributed by atoms with E-state index in [1.165, 1.54) is 25.0 Å². The summed E-state index contributed by atoms with van der Waals surface area (Å²) in [5, 5.41) is 16.9. The van der Waals surface area contributed by atoms with E-state index in [1.807, 2.05) is 11.8 Å². The Morgan fingerprint density at radius 3 is 2.73 bits per heavy atom. The third-order valence-corrected chi connectivity index (χ3v) is 4.99. The number of unbranched alkanes of at least 4 members (excludes halogenated alkanes) is 1. The number of aliphatic hydroxyl groups is 1. The molecule has 0 aromatic heterocycles. The maximum absolute atomic E-state index is 10.2. The predicted octanol–water partition coefficient (Wildman–Crippen LogP) is 3.24. The van der Waals surface area contributed by atoms with Gasteiger partial charge in [-0.2, -0.15) is 11.8 Å². The number of nitrogens with zero attached hydrogens (tertiary/aromatic N) is 1. The van der Waals surface area contributed by atoms with Gasteiger partial charge in [0.25, 0.3) is 0 Å². The Bertz CT molecular complexity index is 318. The molecule has 1 saturated carbocycles. The van der Waals surface area contributed by atoms with Crippen LogP contribution < -0.4 is 10.6 Å². The number of nitrogens with one attached hydrogen (secondary N) is 2. The number of thioether (sulfide) groups is 1. The van der Waals surface area contributed by atoms with Gasteiger partial charge in [-0.25, -0.2) is 0 Å². The molecule has 1 fully saturated rings. The lowest BCUT2D eigenvalue weighted by atomic mass is 9.73. The molecule has 0 aromatic carbocycles. The molecule has 0 radical (unpaired) electrons. The van der Waals surface area contributed by atoms with Gasteiger partial charge in [-0.3, -0.25) is 4.99 Å². The predicted molar refractivity (Wildman–Crippen MR) is 110 cm³/mol. The van der Waals surface area contributed by atoms with Crippen molar-refractivity contribution in [1.29, 1.82) is 0 Å². The maximum Gasteiger partial charge on any atom is 0.191 e. The maximum atomic E-state index is 10.2. The van der Waals surface area contributed by atoms with E-state index in [0.717, 1.165) is 38.3 Å². The molecule has 0 aliphatic heterocycles. The van der Waals surface area contributed by atoms with E-state index in [9.17, 15) is 5.11 Å². The molecule has 2 unspecified atom stereocenters. The van der Waals surface area contributed by atoms with Crippen LogP contribution >= 0.6 is 35.7 Å². The fraction of sp³-hybridized carbons (Fsp3) is 0.938. The zero-order chi connectivity index (χ0) is 15.6. The number of aliphatic hydroxyl groups excluding tert-OH is 1. The summed E-state index contributed by atoms with van der Waals surface area (Å²) >= 11 is 1.90. The Hall–Kier alpha value is 0.310. The summed E-state index contributed by atoms with van der Waals surface area (Å²) in [4.78, 5) is 4.71. The molecule has 0 aromatic rings. The average Bonchev–Trinajstić information content (AvgIpc) is 2.48. The summed E-state index contributed by atoms with van der Waals surface area (Å²) in [6.45, 7) is 6.79. The Labute approximate surface area is 157 Å². The standard InChI is InChI=1S/C16H33N3OS.HI/c1-4-17-15(18-11-7-8-12-21-3)19-13-16(2)10-6-5-9-14(16)20;/h14,20H,4-13H2,1-3H3,(H2,17,18,19);1H. The number of halogens is 1. The highest BCUT2D eigenvalue weighted by molar-refractivity contribution is 14.0. The molecular weight excluding hydrogens is 409 g/mol. The topological polar surface area (TPSA) is 56.7 Å². The molecule has 1 aliphatic rings. The molecule has 0 bridgehead atoms. The lowest BCUT2D eigenvalue weighted by molar-refractivity contribution is 0.00716. The van der Waals surface area contributed by atoms with Crippen LogP contribution in [0.5, 0.6) is 0 Å². The Kier molecular flexibility index (Phi) is 12.9. The van der Waals surface area contributed by atoms with Crippen LogP contribution in [0.3, 0.4) is 0 Å². The first kappa shape index (κ1) is 22.3. The van der Waals surface area contributed by atoms with E-state index < -0.39 is 0 Å². The molecule has 0 heterocycles. The van der Waals surface area contributed by atoms with Crippen molar-refractivity contribution in [1.82, 2.24) is 10.6 Å². The lowest BCUT2D eigenvalue weighted by Crippen LogP contribution is -2.42. The minimum absolute atomic E-state index is 0. The minimum Gasteiger partial charge on any atom is -0.392 e. The van der Waals surface area contributed by atoms with E-state index in [-0.39, 0.29) is 35.5 Å². The van der Waals surface area contributed by atoms with Crippen molar-refractivity contribution in [2.75, 3.05) is 31.6 Å². The van der Waals surface area contributed by atoms with Crippen molar-refractivity contribution >= 4 is 41.7 Å². The summed E-state index contributed by atoms with van der Waals surface area (Å²) in [5.74, 6) is 2.11. The SMILES string of the molecule is CCNC(=NCC1(C)CCCCC1O)NCCCCSC.I. The van der Waals surface area contributed by atoms with Crippen molar-refractivity contribution < 1.29 is 5.11 Å². The van der Waals surface area contributed by atoms with Crippen molar-refractivity contribution in [3.63, 3.8) is 0 Å². The largest absolute Gasteiger partial charge is 0.392 e. The van der Waals surface area contributed by atoms with Gasteiger partial charge in [0.1, 0.15) is 0 Å². The third kappa shape index (κ3) is 8.24. The van der Waals surface area contributed by atoms with Gasteiger partial charge in [-0.1, -0.05) is 19.8 Å². The Morgan fingerprint density at radius 2 is 2.09 bits per heavy atom. The monoisotopic (exact) mass is 443 g/mol. The molecule has 2 atom stereocenters. The number of aliphatic imine (C=N–C) groups is 1. The van der Waals surface area contributed by atoms with Gasteiger partial charge in [-0.05, 0) is 44.6 Å². The van der Waals surface area contributed by atoms with Gasteiger partial charge in [0, 0.05) is 18.5 Å². The van der Waals surface area contributed by atoms with Crippen LogP contribution in [0.2, 0.25) is 0 Å². The fourth-order valence-electron chi connectivity index (χ4n) is 2.75. The first-order chi connectivity index (χ1) is 10.1. The van der Waals surface area contributed by atoms with Gasteiger partial charge in [0.2, 0.25) is 0 Å². The molecule has 3 N–H and O–H groups in total. The average molecular weight is 443 g/mol. The summed E-state index contributed by atoms with van der Waals surface area (Å²) < 4.78 is 0. The highest BCUT2D eigenvalue weighted by Gasteiger charge is 2.35. The summed E-state index contributed by atoms with van der Waals surface area (Å²) in [6, 6.07) is 0. The zero-order valence-electron chi connectivity index (χ0n) is 14.4. The summed E-state index contributed by atoms with van der Waals surface area (Å²) in [6.07, 6.45) is 8.70. The van der Waals surface area contributed by atoms with Crippen LogP contribution in [0.1, 0.15) is 52.4 Å². The number of guanidine groups is 1. The summed E-state index contributed by atoms with van der Waals surface area (Å²) in [7, 11) is 0. The van der Waals surface area contributed by atoms with Crippen molar-refractivity contribution in [3.8, 4) is 0 Å². The van der Waals surface area contributed by atoms with E-state index in [2.05, 4.69) is 30.7 Å². The van der Waals surface area contributed by atoms with Crippen LogP contribution in [0.25, 0.3) is 0 Å². The van der Waals surface area contributed by atoms with Crippen LogP contribution in [0, 0.1) is 5.41 Å². The number of rotatable bonds is 8. The van der Waals surface area contributed by atoms with Gasteiger partial charge in [-0.15, -0.1) is 24.0 Å². The molecule has 4 nitrogen and oxygen atoms in total. The summed E-state index contributed by atoms with van der Waals surface area (Å²) in [5.41, 5.74) is -0.0561. The van der Waals surface area contributed by atoms with Gasteiger partial charge >= 0.3 is 0 Å². The van der Waals surface area contributed by atoms with Crippen molar-refractivity contribution in [3.05, 3.63) is 0 Å². The molecule has 6 heteroatoms. The van der Waals surface area contributed by atoms with E-state index in [0.29, 0.717) is 6.54 Å². The fourth-order valence-corrected chi connectivity index (χ4v) is 3.24. The highest BCUT2D eigenvalue weighted by atomic mass is 127. The van der Waals surface area contributed by atoms with Gasteiger partial charge in [0.05, 0.1) is 12.6 Å². The normalized spacial score (nSPS) is 25.5. The minimum atomic E-state index is -0.209. The van der Waals surface area contributed by atoms with Gasteiger partial charge < -0.3 is 15.7 Å². The number of hydrogen-bond donors (Lipinski definition) is 3. The molecular formula is C16H34IN3OS. The van der Waals surface area contributed by atoms with Crippen LogP contribution in [0.15, 0.2) is 4.99 Å². The molecule has 1 aliphatic carbocycles. The first-order valence-electron chi connectivity index (χ1n) is 8.31. The van der Waals surface area contributed by atoms with Crippen LogP contribution in [-0.4, -0.2) is 48.8 Å². The Morgan fingerprint density at radius 1 is 1.32 bits per heavy atom. The van der Waals surface area contributed by atoms with Crippen molar-refractivity contribution in [2.45, 2.75) is 58.5 Å². The Balaban J connectivity index is 0.00000441. The molecule has 0 amide bonds. The molecule has 0 saturated heterocycles. The molecule has 0 spiro atoms. The third-order valence-electron chi connectivity index (χ3n) is 4.29. The van der Waals surface area contributed by atoms with Crippen LogP contribution in [0.4, 0.5) is 0 Å². The van der Waals surface area contributed by atoms with Crippen LogP contribution in [-0.2, 0) is 0 Å².